The molecule has 2 amide bonds. The van der Waals surface area contributed by atoms with Crippen LogP contribution >= 0.6 is 23.4 Å². The molecule has 0 bridgehead atoms. The van der Waals surface area contributed by atoms with Crippen LogP contribution in [-0.4, -0.2) is 32.2 Å². The van der Waals surface area contributed by atoms with Crippen molar-refractivity contribution in [3.8, 4) is 0 Å². The lowest BCUT2D eigenvalue weighted by molar-refractivity contribution is -0.144. The Morgan fingerprint density at radius 2 is 2.16 bits per heavy atom. The lowest BCUT2D eigenvalue weighted by atomic mass is 10.2. The first-order chi connectivity index (χ1) is 11.7. The number of benzene rings is 1. The van der Waals surface area contributed by atoms with Gasteiger partial charge < -0.3 is 5.32 Å². The average Bonchev–Trinajstić information content (AvgIpc) is 2.97. The quantitative estimate of drug-likeness (QED) is 0.747. The molecule has 132 valence electrons. The zero-order valence-corrected chi connectivity index (χ0v) is 13.7. The molecule has 3 rings (SSSR count). The van der Waals surface area contributed by atoms with E-state index in [1.54, 1.807) is 23.3 Å². The molecule has 1 aromatic heterocycles. The number of nitrogens with zero attached hydrogens (tertiary/aromatic N) is 2. The first-order valence-electron chi connectivity index (χ1n) is 6.79. The number of aromatic amines is 1. The molecule has 1 aromatic carbocycles. The van der Waals surface area contributed by atoms with E-state index in [1.165, 1.54) is 0 Å². The molecule has 0 spiro atoms. The summed E-state index contributed by atoms with van der Waals surface area (Å²) < 4.78 is 37.3. The van der Waals surface area contributed by atoms with Crippen molar-refractivity contribution in [1.29, 1.82) is 0 Å². The normalized spacial score (nSPS) is 17.0. The molecular formula is C13H9ClF3N5O2S. The largest absolute Gasteiger partial charge is 0.451 e. The number of halogens is 4. The number of carbonyl (C=O) groups is 2. The summed E-state index contributed by atoms with van der Waals surface area (Å²) in [6.07, 6.45) is -4.95. The smallest absolute Gasteiger partial charge is 0.324 e. The predicted octanol–water partition coefficient (Wildman–Crippen LogP) is 2.92. The molecule has 3 N–H and O–H groups in total. The van der Waals surface area contributed by atoms with Crippen LogP contribution in [0.1, 0.15) is 12.2 Å². The van der Waals surface area contributed by atoms with Gasteiger partial charge in [0.15, 0.2) is 0 Å². The van der Waals surface area contributed by atoms with Gasteiger partial charge >= 0.3 is 6.18 Å². The minimum Gasteiger partial charge on any atom is -0.324 e. The van der Waals surface area contributed by atoms with Gasteiger partial charge in [0, 0.05) is 16.3 Å². The molecule has 0 fully saturated rings. The molecule has 1 atom stereocenters. The van der Waals surface area contributed by atoms with Crippen LogP contribution in [0, 0.1) is 0 Å². The second kappa shape index (κ2) is 6.56. The van der Waals surface area contributed by atoms with Crippen molar-refractivity contribution < 1.29 is 22.8 Å². The number of fused-ring (bicyclic) bond motifs is 1. The Balaban J connectivity index is 1.64. The SMILES string of the molecule is O=C(CC1Sc2ccc(Cl)cc2NC1=O)Nc1n[nH]c(C(F)(F)F)n1. The van der Waals surface area contributed by atoms with Crippen LogP contribution in [0.5, 0.6) is 0 Å². The highest BCUT2D eigenvalue weighted by molar-refractivity contribution is 8.01. The summed E-state index contributed by atoms with van der Waals surface area (Å²) in [5.41, 5.74) is 0.544. The lowest BCUT2D eigenvalue weighted by Gasteiger charge is -2.23. The summed E-state index contributed by atoms with van der Waals surface area (Å²) in [5.74, 6) is -2.91. The van der Waals surface area contributed by atoms with Crippen molar-refractivity contribution in [1.82, 2.24) is 15.2 Å². The zero-order chi connectivity index (χ0) is 18.2. The van der Waals surface area contributed by atoms with Crippen LogP contribution in [0.25, 0.3) is 0 Å². The Morgan fingerprint density at radius 1 is 1.40 bits per heavy atom. The maximum absolute atomic E-state index is 12.4. The number of carbonyl (C=O) groups excluding carboxylic acids is 2. The van der Waals surface area contributed by atoms with Crippen molar-refractivity contribution >= 4 is 46.8 Å². The monoisotopic (exact) mass is 391 g/mol. The number of rotatable bonds is 3. The Bertz CT molecular complexity index is 841. The first-order valence-corrected chi connectivity index (χ1v) is 8.04. The molecule has 1 aliphatic heterocycles. The van der Waals surface area contributed by atoms with Gasteiger partial charge in [-0.2, -0.15) is 18.2 Å². The van der Waals surface area contributed by atoms with Crippen LogP contribution in [0.15, 0.2) is 23.1 Å². The van der Waals surface area contributed by atoms with E-state index in [1.807, 2.05) is 0 Å². The summed E-state index contributed by atoms with van der Waals surface area (Å²) in [7, 11) is 0. The molecule has 2 heterocycles. The second-order valence-electron chi connectivity index (χ2n) is 4.99. The van der Waals surface area contributed by atoms with Gasteiger partial charge in [0.05, 0.1) is 10.9 Å². The van der Waals surface area contributed by atoms with E-state index in [4.69, 9.17) is 11.6 Å². The second-order valence-corrected chi connectivity index (χ2v) is 6.67. The fourth-order valence-corrected chi connectivity index (χ4v) is 3.31. The highest BCUT2D eigenvalue weighted by atomic mass is 35.5. The number of amides is 2. The van der Waals surface area contributed by atoms with Gasteiger partial charge in [-0.25, -0.2) is 0 Å². The number of nitrogens with one attached hydrogen (secondary N) is 3. The molecule has 7 nitrogen and oxygen atoms in total. The third-order valence-electron chi connectivity index (χ3n) is 3.14. The number of aromatic nitrogens is 3. The van der Waals surface area contributed by atoms with Crippen LogP contribution in [0.2, 0.25) is 5.02 Å². The van der Waals surface area contributed by atoms with Crippen LogP contribution < -0.4 is 10.6 Å². The molecule has 2 aromatic rings. The Labute approximate surface area is 147 Å². The van der Waals surface area contributed by atoms with Crippen molar-refractivity contribution in [2.24, 2.45) is 0 Å². The van der Waals surface area contributed by atoms with Gasteiger partial charge in [-0.3, -0.25) is 20.0 Å². The number of thioether (sulfide) groups is 1. The standard InChI is InChI=1S/C13H9ClF3N5O2S/c14-5-1-2-7-6(3-5)18-10(24)8(25-7)4-9(23)19-12-20-11(21-22-12)13(15,16)17/h1-3,8H,4H2,(H,18,24)(H2,19,20,21,22,23). The summed E-state index contributed by atoms with van der Waals surface area (Å²) in [6.45, 7) is 0. The zero-order valence-electron chi connectivity index (χ0n) is 12.1. The van der Waals surface area contributed by atoms with Crippen LogP contribution in [0.4, 0.5) is 24.8 Å². The molecule has 12 heteroatoms. The van der Waals surface area contributed by atoms with Gasteiger partial charge in [-0.05, 0) is 18.2 Å². The van der Waals surface area contributed by atoms with E-state index in [9.17, 15) is 22.8 Å². The Morgan fingerprint density at radius 3 is 2.84 bits per heavy atom. The van der Waals surface area contributed by atoms with E-state index >= 15 is 0 Å². The van der Waals surface area contributed by atoms with E-state index in [0.29, 0.717) is 10.7 Å². The molecule has 0 aliphatic carbocycles. The highest BCUT2D eigenvalue weighted by Crippen LogP contribution is 2.38. The maximum atomic E-state index is 12.4. The Kier molecular flexibility index (Phi) is 4.60. The number of alkyl halides is 3. The van der Waals surface area contributed by atoms with E-state index in [-0.39, 0.29) is 6.42 Å². The average molecular weight is 392 g/mol. The fraction of sp³-hybridized carbons (Fsp3) is 0.231. The topological polar surface area (TPSA) is 99.8 Å². The molecule has 1 aliphatic rings. The predicted molar refractivity (Wildman–Crippen MR) is 84.4 cm³/mol. The van der Waals surface area contributed by atoms with Gasteiger partial charge in [0.25, 0.3) is 0 Å². The third kappa shape index (κ3) is 4.04. The summed E-state index contributed by atoms with van der Waals surface area (Å²) in [5, 5.41) is 9.43. The molecule has 0 saturated carbocycles. The minimum absolute atomic E-state index is 0.255. The van der Waals surface area contributed by atoms with Gasteiger partial charge in [0.1, 0.15) is 0 Å². The van der Waals surface area contributed by atoms with Crippen molar-refractivity contribution in [2.75, 3.05) is 10.6 Å². The van der Waals surface area contributed by atoms with Gasteiger partial charge in [0.2, 0.25) is 23.6 Å². The lowest BCUT2D eigenvalue weighted by Crippen LogP contribution is -2.32. The van der Waals surface area contributed by atoms with Gasteiger partial charge in [-0.15, -0.1) is 16.9 Å². The van der Waals surface area contributed by atoms with Crippen molar-refractivity contribution in [3.63, 3.8) is 0 Å². The van der Waals surface area contributed by atoms with Crippen LogP contribution in [0.3, 0.4) is 0 Å². The number of H-pyrrole nitrogens is 1. The molecule has 25 heavy (non-hydrogen) atoms. The number of hydrogen-bond donors (Lipinski definition) is 3. The van der Waals surface area contributed by atoms with Gasteiger partial charge in [-0.1, -0.05) is 11.6 Å². The molecule has 0 saturated heterocycles. The summed E-state index contributed by atoms with van der Waals surface area (Å²) in [6, 6.07) is 4.94. The fourth-order valence-electron chi connectivity index (χ4n) is 2.05. The van der Waals surface area contributed by atoms with E-state index < -0.39 is 35.0 Å². The first kappa shape index (κ1) is 17.5. The van der Waals surface area contributed by atoms with Crippen LogP contribution in [-0.2, 0) is 15.8 Å². The minimum atomic E-state index is -4.69. The van der Waals surface area contributed by atoms with Crippen molar-refractivity contribution in [2.45, 2.75) is 22.7 Å². The third-order valence-corrected chi connectivity index (χ3v) is 4.65. The van der Waals surface area contributed by atoms with E-state index in [2.05, 4.69) is 20.7 Å². The molecular weight excluding hydrogens is 383 g/mol. The molecule has 1 unspecified atom stereocenters. The van der Waals surface area contributed by atoms with Crippen molar-refractivity contribution in [3.05, 3.63) is 29.0 Å². The Hall–Kier alpha value is -2.27. The van der Waals surface area contributed by atoms with E-state index in [0.717, 1.165) is 16.7 Å². The summed E-state index contributed by atoms with van der Waals surface area (Å²) in [4.78, 5) is 27.9. The number of anilines is 2. The highest BCUT2D eigenvalue weighted by Gasteiger charge is 2.35. The number of hydrogen-bond acceptors (Lipinski definition) is 5. The summed E-state index contributed by atoms with van der Waals surface area (Å²) >= 11 is 7.01. The molecule has 0 radical (unpaired) electrons. The maximum Gasteiger partial charge on any atom is 0.451 e.